The Morgan fingerprint density at radius 2 is 1.06 bits per heavy atom. The van der Waals surface area contributed by atoms with Crippen molar-refractivity contribution in [2.45, 2.75) is 24.6 Å². The maximum Gasteiger partial charge on any atom is 0.522 e. The van der Waals surface area contributed by atoms with E-state index in [1.165, 1.54) is 0 Å². The molecule has 18 heavy (non-hydrogen) atoms. The lowest BCUT2D eigenvalue weighted by atomic mass is 10.3. The predicted molar refractivity (Wildman–Crippen MR) is 33.9 cm³/mol. The molecule has 0 aromatic heterocycles. The Morgan fingerprint density at radius 3 is 1.39 bits per heavy atom. The SMILES string of the molecule is FC(F)(F)COC(F)(F)C(F)(F)COC(F)(F)F. The Hall–Kier alpha value is -0.780. The molecule has 0 radical (unpaired) electrons. The van der Waals surface area contributed by atoms with E-state index >= 15 is 0 Å². The normalized spacial score (nSPS) is 15.0. The molecule has 0 aromatic rings. The van der Waals surface area contributed by atoms with Crippen molar-refractivity contribution in [3.63, 3.8) is 0 Å². The molecule has 0 aliphatic rings. The highest BCUT2D eigenvalue weighted by atomic mass is 19.4. The first-order valence-electron chi connectivity index (χ1n) is 3.83. The fraction of sp³-hybridized carbons (Fsp3) is 1.00. The van der Waals surface area contributed by atoms with Crippen molar-refractivity contribution in [3.8, 4) is 0 Å². The highest BCUT2D eigenvalue weighted by Gasteiger charge is 2.60. The average molecular weight is 298 g/mol. The molecule has 0 amide bonds. The van der Waals surface area contributed by atoms with Crippen LogP contribution < -0.4 is 0 Å². The van der Waals surface area contributed by atoms with Crippen molar-refractivity contribution in [2.75, 3.05) is 13.2 Å². The summed E-state index contributed by atoms with van der Waals surface area (Å²) >= 11 is 0. The first-order chi connectivity index (χ1) is 7.66. The predicted octanol–water partition coefficient (Wildman–Crippen LogP) is 3.33. The number of alkyl halides is 10. The van der Waals surface area contributed by atoms with E-state index in [2.05, 4.69) is 9.47 Å². The van der Waals surface area contributed by atoms with Gasteiger partial charge in [-0.15, -0.1) is 13.2 Å². The second-order valence-corrected chi connectivity index (χ2v) is 2.86. The second kappa shape index (κ2) is 5.07. The maximum absolute atomic E-state index is 12.4. The van der Waals surface area contributed by atoms with Gasteiger partial charge in [0.2, 0.25) is 0 Å². The molecule has 0 saturated heterocycles. The first-order valence-corrected chi connectivity index (χ1v) is 3.83. The third-order valence-electron chi connectivity index (χ3n) is 1.26. The van der Waals surface area contributed by atoms with Crippen LogP contribution in [0.5, 0.6) is 0 Å². The molecule has 0 saturated carbocycles. The van der Waals surface area contributed by atoms with Crippen LogP contribution in [0.4, 0.5) is 43.9 Å². The highest BCUT2D eigenvalue weighted by molar-refractivity contribution is 4.77. The molecule has 0 aliphatic carbocycles. The summed E-state index contributed by atoms with van der Waals surface area (Å²) in [5.74, 6) is -5.58. The summed E-state index contributed by atoms with van der Waals surface area (Å²) in [4.78, 5) is 0. The molecule has 12 heteroatoms. The van der Waals surface area contributed by atoms with E-state index in [9.17, 15) is 43.9 Å². The van der Waals surface area contributed by atoms with Crippen molar-refractivity contribution >= 4 is 0 Å². The smallest absolute Gasteiger partial charge is 0.306 e. The Kier molecular flexibility index (Phi) is 4.85. The number of hydrogen-bond donors (Lipinski definition) is 0. The van der Waals surface area contributed by atoms with E-state index in [0.717, 1.165) is 0 Å². The fourth-order valence-corrected chi connectivity index (χ4v) is 0.535. The van der Waals surface area contributed by atoms with Crippen LogP contribution in [0.2, 0.25) is 0 Å². The Balaban J connectivity index is 4.55. The standard InChI is InChI=1S/C6H4F10O2/c7-3(8,1-18-6(14,15)16)5(12,13)17-2-4(9,10)11/h1-2H2. The minimum Gasteiger partial charge on any atom is -0.306 e. The summed E-state index contributed by atoms with van der Waals surface area (Å²) < 4.78 is 123. The Bertz CT molecular complexity index is 239. The number of halogens is 10. The molecule has 0 atom stereocenters. The van der Waals surface area contributed by atoms with Crippen molar-refractivity contribution < 1.29 is 53.4 Å². The molecule has 0 heterocycles. The third kappa shape index (κ3) is 6.23. The summed E-state index contributed by atoms with van der Waals surface area (Å²) in [6, 6.07) is 0. The summed E-state index contributed by atoms with van der Waals surface area (Å²) in [5.41, 5.74) is 0. The zero-order valence-electron chi connectivity index (χ0n) is 8.01. The zero-order chi connectivity index (χ0) is 14.8. The van der Waals surface area contributed by atoms with Gasteiger partial charge in [-0.2, -0.15) is 30.7 Å². The van der Waals surface area contributed by atoms with Gasteiger partial charge in [0.1, 0.15) is 13.2 Å². The van der Waals surface area contributed by atoms with Gasteiger partial charge >= 0.3 is 24.6 Å². The lowest BCUT2D eigenvalue weighted by Crippen LogP contribution is -2.48. The van der Waals surface area contributed by atoms with Crippen LogP contribution >= 0.6 is 0 Å². The highest BCUT2D eigenvalue weighted by Crippen LogP contribution is 2.38. The lowest BCUT2D eigenvalue weighted by molar-refractivity contribution is -0.402. The van der Waals surface area contributed by atoms with Gasteiger partial charge in [-0.1, -0.05) is 0 Å². The van der Waals surface area contributed by atoms with Gasteiger partial charge in [-0.05, 0) is 0 Å². The zero-order valence-corrected chi connectivity index (χ0v) is 8.01. The van der Waals surface area contributed by atoms with E-state index in [1.54, 1.807) is 0 Å². The van der Waals surface area contributed by atoms with Crippen LogP contribution in [-0.2, 0) is 9.47 Å². The van der Waals surface area contributed by atoms with E-state index in [4.69, 9.17) is 0 Å². The quantitative estimate of drug-likeness (QED) is 0.725. The Labute approximate surface area is 92.4 Å². The number of ether oxygens (including phenoxy) is 2. The average Bonchev–Trinajstić information content (AvgIpc) is 2.10. The molecule has 0 fully saturated rings. The van der Waals surface area contributed by atoms with Crippen LogP contribution in [0.15, 0.2) is 0 Å². The minimum absolute atomic E-state index is 2.42. The van der Waals surface area contributed by atoms with Gasteiger partial charge in [0.05, 0.1) is 0 Å². The first kappa shape index (κ1) is 17.2. The van der Waals surface area contributed by atoms with Crippen molar-refractivity contribution in [1.82, 2.24) is 0 Å². The van der Waals surface area contributed by atoms with Gasteiger partial charge < -0.3 is 4.74 Å². The molecule has 2 nitrogen and oxygen atoms in total. The second-order valence-electron chi connectivity index (χ2n) is 2.86. The molecule has 0 bridgehead atoms. The molecular formula is C6H4F10O2. The summed E-state index contributed by atoms with van der Waals surface area (Å²) in [5, 5.41) is 0. The third-order valence-corrected chi connectivity index (χ3v) is 1.26. The van der Waals surface area contributed by atoms with Crippen molar-refractivity contribution in [1.29, 1.82) is 0 Å². The molecule has 110 valence electrons. The van der Waals surface area contributed by atoms with E-state index < -0.39 is 37.8 Å². The monoisotopic (exact) mass is 298 g/mol. The molecule has 0 aliphatic heterocycles. The van der Waals surface area contributed by atoms with Crippen LogP contribution in [0, 0.1) is 0 Å². The molecular weight excluding hydrogens is 294 g/mol. The van der Waals surface area contributed by atoms with Crippen LogP contribution in [0.1, 0.15) is 0 Å². The Morgan fingerprint density at radius 1 is 0.611 bits per heavy atom. The summed E-state index contributed by atoms with van der Waals surface area (Å²) in [7, 11) is 0. The van der Waals surface area contributed by atoms with E-state index in [1.807, 2.05) is 0 Å². The molecule has 0 spiro atoms. The maximum atomic E-state index is 12.4. The van der Waals surface area contributed by atoms with E-state index in [0.29, 0.717) is 0 Å². The molecule has 0 N–H and O–H groups in total. The number of hydrogen-bond acceptors (Lipinski definition) is 2. The summed E-state index contributed by atoms with van der Waals surface area (Å²) in [6.45, 7) is -5.62. The van der Waals surface area contributed by atoms with Crippen molar-refractivity contribution in [3.05, 3.63) is 0 Å². The van der Waals surface area contributed by atoms with Gasteiger partial charge in [0, 0.05) is 0 Å². The van der Waals surface area contributed by atoms with Crippen LogP contribution in [0.25, 0.3) is 0 Å². The summed E-state index contributed by atoms with van der Waals surface area (Å²) in [6.07, 6.45) is -16.7. The largest absolute Gasteiger partial charge is 0.522 e. The molecule has 0 unspecified atom stereocenters. The lowest BCUT2D eigenvalue weighted by Gasteiger charge is -2.26. The van der Waals surface area contributed by atoms with Crippen molar-refractivity contribution in [2.24, 2.45) is 0 Å². The fourth-order valence-electron chi connectivity index (χ4n) is 0.535. The number of rotatable bonds is 5. The minimum atomic E-state index is -5.76. The van der Waals surface area contributed by atoms with Crippen LogP contribution in [0.3, 0.4) is 0 Å². The van der Waals surface area contributed by atoms with Gasteiger partial charge in [0.15, 0.2) is 0 Å². The van der Waals surface area contributed by atoms with Gasteiger partial charge in [0.25, 0.3) is 0 Å². The van der Waals surface area contributed by atoms with Crippen LogP contribution in [-0.4, -0.2) is 37.8 Å². The van der Waals surface area contributed by atoms with Gasteiger partial charge in [-0.25, -0.2) is 0 Å². The molecule has 0 rings (SSSR count). The van der Waals surface area contributed by atoms with Gasteiger partial charge in [-0.3, -0.25) is 4.74 Å². The molecule has 0 aromatic carbocycles. The van der Waals surface area contributed by atoms with E-state index in [-0.39, 0.29) is 0 Å². The topological polar surface area (TPSA) is 18.5 Å².